The van der Waals surface area contributed by atoms with Gasteiger partial charge in [-0.1, -0.05) is 12.1 Å². The van der Waals surface area contributed by atoms with Gasteiger partial charge in [0.25, 0.3) is 0 Å². The first-order valence-electron chi connectivity index (χ1n) is 6.91. The number of carbonyl (C=O) groups is 3. The van der Waals surface area contributed by atoms with Crippen LogP contribution in [0.25, 0.3) is 0 Å². The molecule has 23 heavy (non-hydrogen) atoms. The number of anilines is 2. The molecule has 0 aliphatic rings. The second-order valence-corrected chi connectivity index (χ2v) is 4.86. The predicted molar refractivity (Wildman–Crippen MR) is 86.8 cm³/mol. The summed E-state index contributed by atoms with van der Waals surface area (Å²) in [4.78, 5) is 34.1. The Morgan fingerprint density at radius 2 is 1.57 bits per heavy atom. The van der Waals surface area contributed by atoms with Crippen molar-refractivity contribution in [2.24, 2.45) is 0 Å². The van der Waals surface area contributed by atoms with E-state index in [-0.39, 0.29) is 11.7 Å². The van der Waals surface area contributed by atoms with Crippen LogP contribution in [0.3, 0.4) is 0 Å². The van der Waals surface area contributed by atoms with Crippen molar-refractivity contribution in [2.45, 2.75) is 13.8 Å². The van der Waals surface area contributed by atoms with E-state index >= 15 is 0 Å². The molecule has 0 saturated carbocycles. The lowest BCUT2D eigenvalue weighted by Crippen LogP contribution is -2.17. The third-order valence-corrected chi connectivity index (χ3v) is 2.90. The third-order valence-electron chi connectivity index (χ3n) is 2.90. The summed E-state index contributed by atoms with van der Waals surface area (Å²) >= 11 is 0. The van der Waals surface area contributed by atoms with Crippen molar-refractivity contribution in [3.63, 3.8) is 0 Å². The maximum absolute atomic E-state index is 11.8. The highest BCUT2D eigenvalue weighted by Gasteiger charge is 2.07. The van der Waals surface area contributed by atoms with Crippen LogP contribution in [0.1, 0.15) is 24.2 Å². The number of hydrogen-bond donors (Lipinski definition) is 2. The molecule has 0 fully saturated rings. The molecule has 0 aromatic heterocycles. The SMILES string of the molecule is CC(=O)Nc1ccc(OC(=O)Nc2cccc(C(C)=O)c2)cc1. The molecule has 0 bridgehead atoms. The van der Waals surface area contributed by atoms with E-state index in [0.717, 1.165) is 0 Å². The topological polar surface area (TPSA) is 84.5 Å². The summed E-state index contributed by atoms with van der Waals surface area (Å²) in [5.41, 5.74) is 1.58. The first kappa shape index (κ1) is 16.2. The average Bonchev–Trinajstić information content (AvgIpc) is 2.49. The zero-order valence-electron chi connectivity index (χ0n) is 12.8. The fourth-order valence-electron chi connectivity index (χ4n) is 1.88. The van der Waals surface area contributed by atoms with Gasteiger partial charge in [0.15, 0.2) is 5.78 Å². The highest BCUT2D eigenvalue weighted by atomic mass is 16.6. The number of nitrogens with one attached hydrogen (secondary N) is 2. The van der Waals surface area contributed by atoms with E-state index in [1.54, 1.807) is 48.5 Å². The molecule has 0 saturated heterocycles. The minimum absolute atomic E-state index is 0.0874. The molecule has 0 aliphatic heterocycles. The number of rotatable bonds is 4. The first-order valence-corrected chi connectivity index (χ1v) is 6.91. The average molecular weight is 312 g/mol. The molecule has 2 aromatic carbocycles. The van der Waals surface area contributed by atoms with Crippen molar-refractivity contribution in [1.82, 2.24) is 0 Å². The van der Waals surface area contributed by atoms with Crippen LogP contribution < -0.4 is 15.4 Å². The Kier molecular flexibility index (Phi) is 5.09. The van der Waals surface area contributed by atoms with Crippen LogP contribution in [0.2, 0.25) is 0 Å². The zero-order chi connectivity index (χ0) is 16.8. The van der Waals surface area contributed by atoms with Crippen LogP contribution in [-0.4, -0.2) is 17.8 Å². The first-order chi connectivity index (χ1) is 10.9. The lowest BCUT2D eigenvalue weighted by molar-refractivity contribution is -0.114. The van der Waals surface area contributed by atoms with E-state index in [2.05, 4.69) is 10.6 Å². The van der Waals surface area contributed by atoms with Crippen molar-refractivity contribution in [3.8, 4) is 5.75 Å². The van der Waals surface area contributed by atoms with Gasteiger partial charge in [-0.05, 0) is 43.3 Å². The number of Topliss-reactive ketones (excluding diaryl/α,β-unsaturated/α-hetero) is 1. The molecule has 2 rings (SSSR count). The van der Waals surface area contributed by atoms with Gasteiger partial charge in [-0.15, -0.1) is 0 Å². The number of hydrogen-bond acceptors (Lipinski definition) is 4. The van der Waals surface area contributed by atoms with E-state index in [1.807, 2.05) is 0 Å². The zero-order valence-corrected chi connectivity index (χ0v) is 12.8. The van der Waals surface area contributed by atoms with Crippen molar-refractivity contribution in [1.29, 1.82) is 0 Å². The Labute approximate surface area is 133 Å². The molecule has 0 radical (unpaired) electrons. The Morgan fingerprint density at radius 1 is 0.870 bits per heavy atom. The molecular formula is C17H16N2O4. The minimum atomic E-state index is -0.669. The molecule has 118 valence electrons. The van der Waals surface area contributed by atoms with Gasteiger partial charge in [-0.25, -0.2) is 4.79 Å². The molecule has 6 nitrogen and oxygen atoms in total. The van der Waals surface area contributed by atoms with E-state index in [1.165, 1.54) is 13.8 Å². The quantitative estimate of drug-likeness (QED) is 0.847. The molecule has 2 N–H and O–H groups in total. The maximum Gasteiger partial charge on any atom is 0.417 e. The monoisotopic (exact) mass is 312 g/mol. The summed E-state index contributed by atoms with van der Waals surface area (Å²) in [5.74, 6) is 0.0664. The van der Waals surface area contributed by atoms with Crippen LogP contribution in [0.5, 0.6) is 5.75 Å². The normalized spacial score (nSPS) is 9.83. The van der Waals surface area contributed by atoms with Gasteiger partial charge < -0.3 is 10.1 Å². The summed E-state index contributed by atoms with van der Waals surface area (Å²) in [6, 6.07) is 13.0. The molecule has 0 heterocycles. The van der Waals surface area contributed by atoms with Gasteiger partial charge >= 0.3 is 6.09 Å². The Hall–Kier alpha value is -3.15. The molecule has 2 aromatic rings. The van der Waals surface area contributed by atoms with Gasteiger partial charge in [-0.3, -0.25) is 14.9 Å². The van der Waals surface area contributed by atoms with E-state index in [0.29, 0.717) is 22.7 Å². The fourth-order valence-corrected chi connectivity index (χ4v) is 1.88. The van der Waals surface area contributed by atoms with Crippen LogP contribution >= 0.6 is 0 Å². The van der Waals surface area contributed by atoms with E-state index < -0.39 is 6.09 Å². The molecule has 6 heteroatoms. The summed E-state index contributed by atoms with van der Waals surface area (Å²) in [6.07, 6.45) is -0.669. The molecule has 0 aliphatic carbocycles. The van der Waals surface area contributed by atoms with Gasteiger partial charge in [0.1, 0.15) is 5.75 Å². The fraction of sp³-hybridized carbons (Fsp3) is 0.118. The summed E-state index contributed by atoms with van der Waals surface area (Å²) < 4.78 is 5.13. The van der Waals surface area contributed by atoms with Crippen LogP contribution in [-0.2, 0) is 4.79 Å². The summed E-state index contributed by atoms with van der Waals surface area (Å²) in [6.45, 7) is 2.86. The van der Waals surface area contributed by atoms with Crippen LogP contribution in [0, 0.1) is 0 Å². The second-order valence-electron chi connectivity index (χ2n) is 4.86. The second kappa shape index (κ2) is 7.22. The van der Waals surface area contributed by atoms with Crippen molar-refractivity contribution < 1.29 is 19.1 Å². The number of amides is 2. The standard InChI is InChI=1S/C17H16N2O4/c1-11(20)13-4-3-5-15(10-13)19-17(22)23-16-8-6-14(7-9-16)18-12(2)21/h3-10H,1-2H3,(H,18,21)(H,19,22). The predicted octanol–water partition coefficient (Wildman–Crippen LogP) is 3.46. The van der Waals surface area contributed by atoms with Gasteiger partial charge in [0.2, 0.25) is 5.91 Å². The maximum atomic E-state index is 11.8. The summed E-state index contributed by atoms with van der Waals surface area (Å²) in [7, 11) is 0. The highest BCUT2D eigenvalue weighted by Crippen LogP contribution is 2.17. The van der Waals surface area contributed by atoms with Crippen LogP contribution in [0.15, 0.2) is 48.5 Å². The van der Waals surface area contributed by atoms with Gasteiger partial charge in [0, 0.05) is 23.9 Å². The Balaban J connectivity index is 1.98. The van der Waals surface area contributed by atoms with Crippen LogP contribution in [0.4, 0.5) is 16.2 Å². The lowest BCUT2D eigenvalue weighted by atomic mass is 10.1. The van der Waals surface area contributed by atoms with Crippen molar-refractivity contribution in [2.75, 3.05) is 10.6 Å². The number of benzene rings is 2. The number of ether oxygens (including phenoxy) is 1. The molecule has 0 unspecified atom stereocenters. The largest absolute Gasteiger partial charge is 0.417 e. The minimum Gasteiger partial charge on any atom is -0.410 e. The molecule has 0 atom stereocenters. The highest BCUT2D eigenvalue weighted by molar-refractivity contribution is 5.96. The molecular weight excluding hydrogens is 296 g/mol. The Morgan fingerprint density at radius 3 is 2.17 bits per heavy atom. The van der Waals surface area contributed by atoms with E-state index in [9.17, 15) is 14.4 Å². The Bertz CT molecular complexity index is 739. The number of carbonyl (C=O) groups excluding carboxylic acids is 3. The molecule has 2 amide bonds. The van der Waals surface area contributed by atoms with Gasteiger partial charge in [0.05, 0.1) is 0 Å². The lowest BCUT2D eigenvalue weighted by Gasteiger charge is -2.08. The third kappa shape index (κ3) is 4.96. The smallest absolute Gasteiger partial charge is 0.410 e. The van der Waals surface area contributed by atoms with Crippen molar-refractivity contribution in [3.05, 3.63) is 54.1 Å². The summed E-state index contributed by atoms with van der Waals surface area (Å²) in [5, 5.41) is 5.16. The van der Waals surface area contributed by atoms with E-state index in [4.69, 9.17) is 4.74 Å². The van der Waals surface area contributed by atoms with Gasteiger partial charge in [-0.2, -0.15) is 0 Å². The van der Waals surface area contributed by atoms with Crippen molar-refractivity contribution >= 4 is 29.2 Å². The molecule has 0 spiro atoms. The number of ketones is 1.